The van der Waals surface area contributed by atoms with Gasteiger partial charge in [-0.3, -0.25) is 9.69 Å². The molecular weight excluding hydrogens is 250 g/mol. The molecule has 0 aromatic heterocycles. The van der Waals surface area contributed by atoms with Gasteiger partial charge in [0.05, 0.1) is 12.7 Å². The van der Waals surface area contributed by atoms with Gasteiger partial charge in [0.2, 0.25) is 0 Å². The molecule has 1 aliphatic heterocycles. The maximum absolute atomic E-state index is 12.3. The first kappa shape index (κ1) is 16.0. The van der Waals surface area contributed by atoms with E-state index in [0.29, 0.717) is 23.8 Å². The SMILES string of the molecule is CCC1COC(C)CN1CC1CC(C(C)C)CCC1=O. The van der Waals surface area contributed by atoms with Crippen LogP contribution in [0.5, 0.6) is 0 Å². The molecule has 2 aliphatic rings. The van der Waals surface area contributed by atoms with Gasteiger partial charge in [0.25, 0.3) is 0 Å². The molecule has 3 heteroatoms. The monoisotopic (exact) mass is 281 g/mol. The summed E-state index contributed by atoms with van der Waals surface area (Å²) in [6.07, 6.45) is 4.41. The zero-order chi connectivity index (χ0) is 14.7. The fourth-order valence-corrected chi connectivity index (χ4v) is 3.72. The number of Topliss-reactive ketones (excluding diaryl/α,β-unsaturated/α-hetero) is 1. The van der Waals surface area contributed by atoms with E-state index in [0.717, 1.165) is 51.3 Å². The Morgan fingerprint density at radius 2 is 2.15 bits per heavy atom. The molecular formula is C17H31NO2. The van der Waals surface area contributed by atoms with Crippen LogP contribution in [0.3, 0.4) is 0 Å². The predicted octanol–water partition coefficient (Wildman–Crippen LogP) is 3.13. The summed E-state index contributed by atoms with van der Waals surface area (Å²) in [5.74, 6) is 2.19. The average Bonchev–Trinajstić information content (AvgIpc) is 2.41. The molecule has 0 radical (unpaired) electrons. The highest BCUT2D eigenvalue weighted by molar-refractivity contribution is 5.82. The van der Waals surface area contributed by atoms with Crippen LogP contribution in [0.4, 0.5) is 0 Å². The van der Waals surface area contributed by atoms with Gasteiger partial charge in [0.15, 0.2) is 0 Å². The summed E-state index contributed by atoms with van der Waals surface area (Å²) in [4.78, 5) is 14.8. The second-order valence-electron chi connectivity index (χ2n) is 7.10. The zero-order valence-electron chi connectivity index (χ0n) is 13.6. The first-order valence-electron chi connectivity index (χ1n) is 8.39. The van der Waals surface area contributed by atoms with Crippen molar-refractivity contribution in [3.05, 3.63) is 0 Å². The molecule has 1 heterocycles. The highest BCUT2D eigenvalue weighted by Crippen LogP contribution is 2.33. The molecule has 1 saturated heterocycles. The molecule has 0 spiro atoms. The van der Waals surface area contributed by atoms with Gasteiger partial charge in [0.1, 0.15) is 5.78 Å². The molecule has 20 heavy (non-hydrogen) atoms. The first-order valence-corrected chi connectivity index (χ1v) is 8.39. The van der Waals surface area contributed by atoms with Crippen molar-refractivity contribution in [2.45, 2.75) is 65.5 Å². The topological polar surface area (TPSA) is 29.5 Å². The van der Waals surface area contributed by atoms with Crippen LogP contribution in [-0.2, 0) is 9.53 Å². The summed E-state index contributed by atoms with van der Waals surface area (Å²) < 4.78 is 5.76. The Labute approximate surface area is 124 Å². The van der Waals surface area contributed by atoms with E-state index in [2.05, 4.69) is 32.6 Å². The molecule has 4 unspecified atom stereocenters. The van der Waals surface area contributed by atoms with Crippen LogP contribution in [0.25, 0.3) is 0 Å². The van der Waals surface area contributed by atoms with Crippen LogP contribution < -0.4 is 0 Å². The van der Waals surface area contributed by atoms with Gasteiger partial charge < -0.3 is 4.74 Å². The van der Waals surface area contributed by atoms with E-state index >= 15 is 0 Å². The van der Waals surface area contributed by atoms with Crippen molar-refractivity contribution in [3.8, 4) is 0 Å². The summed E-state index contributed by atoms with van der Waals surface area (Å²) >= 11 is 0. The number of carbonyl (C=O) groups is 1. The minimum absolute atomic E-state index is 0.260. The van der Waals surface area contributed by atoms with Crippen molar-refractivity contribution < 1.29 is 9.53 Å². The van der Waals surface area contributed by atoms with Gasteiger partial charge >= 0.3 is 0 Å². The molecule has 2 rings (SSSR count). The van der Waals surface area contributed by atoms with Crippen molar-refractivity contribution in [1.82, 2.24) is 4.90 Å². The van der Waals surface area contributed by atoms with Gasteiger partial charge in [-0.2, -0.15) is 0 Å². The lowest BCUT2D eigenvalue weighted by molar-refractivity contribution is -0.128. The molecule has 116 valence electrons. The minimum Gasteiger partial charge on any atom is -0.376 e. The number of nitrogens with zero attached hydrogens (tertiary/aromatic N) is 1. The van der Waals surface area contributed by atoms with Crippen LogP contribution in [0.15, 0.2) is 0 Å². The van der Waals surface area contributed by atoms with E-state index in [1.54, 1.807) is 0 Å². The lowest BCUT2D eigenvalue weighted by Crippen LogP contribution is -2.51. The third-order valence-corrected chi connectivity index (χ3v) is 5.25. The van der Waals surface area contributed by atoms with Crippen LogP contribution in [0, 0.1) is 17.8 Å². The van der Waals surface area contributed by atoms with E-state index in [-0.39, 0.29) is 5.92 Å². The summed E-state index contributed by atoms with van der Waals surface area (Å²) in [7, 11) is 0. The molecule has 0 bridgehead atoms. The third-order valence-electron chi connectivity index (χ3n) is 5.25. The molecule has 0 amide bonds. The standard InChI is InChI=1S/C17H31NO2/c1-5-16-11-20-13(4)9-18(16)10-15-8-14(12(2)3)6-7-17(15)19/h12-16H,5-11H2,1-4H3. The predicted molar refractivity (Wildman–Crippen MR) is 81.7 cm³/mol. The largest absolute Gasteiger partial charge is 0.376 e. The maximum atomic E-state index is 12.3. The van der Waals surface area contributed by atoms with Gasteiger partial charge in [0, 0.05) is 31.5 Å². The highest BCUT2D eigenvalue weighted by Gasteiger charge is 2.34. The molecule has 3 nitrogen and oxygen atoms in total. The van der Waals surface area contributed by atoms with Crippen molar-refractivity contribution in [2.75, 3.05) is 19.7 Å². The molecule has 0 aromatic carbocycles. The highest BCUT2D eigenvalue weighted by atomic mass is 16.5. The quantitative estimate of drug-likeness (QED) is 0.793. The lowest BCUT2D eigenvalue weighted by Gasteiger charge is -2.41. The van der Waals surface area contributed by atoms with Crippen LogP contribution in [-0.4, -0.2) is 42.5 Å². The second-order valence-corrected chi connectivity index (χ2v) is 7.10. The second kappa shape index (κ2) is 7.04. The van der Waals surface area contributed by atoms with E-state index < -0.39 is 0 Å². The number of hydrogen-bond acceptors (Lipinski definition) is 3. The Morgan fingerprint density at radius 1 is 1.40 bits per heavy atom. The Bertz CT molecular complexity index is 329. The lowest BCUT2D eigenvalue weighted by atomic mass is 9.75. The average molecular weight is 281 g/mol. The summed E-state index contributed by atoms with van der Waals surface area (Å²) in [6, 6.07) is 0.499. The van der Waals surface area contributed by atoms with Crippen molar-refractivity contribution >= 4 is 5.78 Å². The van der Waals surface area contributed by atoms with E-state index in [4.69, 9.17) is 4.74 Å². The number of morpholine rings is 1. The fraction of sp³-hybridized carbons (Fsp3) is 0.941. The Hall–Kier alpha value is -0.410. The molecule has 2 fully saturated rings. The summed E-state index contributed by atoms with van der Waals surface area (Å²) in [5, 5.41) is 0. The van der Waals surface area contributed by atoms with E-state index in [9.17, 15) is 4.79 Å². The molecule has 0 N–H and O–H groups in total. The minimum atomic E-state index is 0.260. The third kappa shape index (κ3) is 3.82. The van der Waals surface area contributed by atoms with E-state index in [1.165, 1.54) is 0 Å². The first-order chi connectivity index (χ1) is 9.51. The number of carbonyl (C=O) groups excluding carboxylic acids is 1. The molecule has 1 saturated carbocycles. The number of hydrogen-bond donors (Lipinski definition) is 0. The summed E-state index contributed by atoms with van der Waals surface area (Å²) in [5.41, 5.74) is 0. The Balaban J connectivity index is 1.96. The maximum Gasteiger partial charge on any atom is 0.137 e. The molecule has 0 aromatic rings. The normalized spacial score (nSPS) is 36.5. The van der Waals surface area contributed by atoms with Gasteiger partial charge in [-0.25, -0.2) is 0 Å². The van der Waals surface area contributed by atoms with Crippen molar-refractivity contribution in [2.24, 2.45) is 17.8 Å². The van der Waals surface area contributed by atoms with Crippen LogP contribution >= 0.6 is 0 Å². The smallest absolute Gasteiger partial charge is 0.137 e. The van der Waals surface area contributed by atoms with Crippen LogP contribution in [0.2, 0.25) is 0 Å². The molecule has 4 atom stereocenters. The van der Waals surface area contributed by atoms with Crippen molar-refractivity contribution in [3.63, 3.8) is 0 Å². The number of ether oxygens (including phenoxy) is 1. The Morgan fingerprint density at radius 3 is 2.80 bits per heavy atom. The Kier molecular flexibility index (Phi) is 5.62. The molecule has 1 aliphatic carbocycles. The van der Waals surface area contributed by atoms with Crippen LogP contribution in [0.1, 0.15) is 53.4 Å². The van der Waals surface area contributed by atoms with Gasteiger partial charge in [-0.1, -0.05) is 20.8 Å². The summed E-state index contributed by atoms with van der Waals surface area (Å²) in [6.45, 7) is 11.7. The van der Waals surface area contributed by atoms with E-state index in [1.807, 2.05) is 0 Å². The van der Waals surface area contributed by atoms with Crippen molar-refractivity contribution in [1.29, 1.82) is 0 Å². The van der Waals surface area contributed by atoms with Gasteiger partial charge in [-0.05, 0) is 38.0 Å². The number of ketones is 1. The number of rotatable bonds is 4. The fourth-order valence-electron chi connectivity index (χ4n) is 3.72. The zero-order valence-corrected chi connectivity index (χ0v) is 13.6. The van der Waals surface area contributed by atoms with Gasteiger partial charge in [-0.15, -0.1) is 0 Å².